The number of primary amides is 1. The number of likely N-dealkylation sites (N-methyl/N-ethyl adjacent to an activating group) is 2. The molecular formula is C63H105N11O15S. The van der Waals surface area contributed by atoms with Crippen molar-refractivity contribution in [2.45, 2.75) is 188 Å². The van der Waals surface area contributed by atoms with E-state index in [1.54, 1.807) is 30.7 Å². The van der Waals surface area contributed by atoms with Gasteiger partial charge in [0, 0.05) is 70.6 Å². The number of imide groups is 1. The molecule has 2 unspecified atom stereocenters. The van der Waals surface area contributed by atoms with Gasteiger partial charge in [0.15, 0.2) is 0 Å². The third kappa shape index (κ3) is 22.7. The summed E-state index contributed by atoms with van der Waals surface area (Å²) in [4.78, 5) is 139. The highest BCUT2D eigenvalue weighted by Crippen LogP contribution is 2.31. The number of urea groups is 1. The molecule has 26 nitrogen and oxygen atoms in total. The molecule has 1 aromatic rings. The van der Waals surface area contributed by atoms with Gasteiger partial charge in [-0.1, -0.05) is 96.4 Å². The van der Waals surface area contributed by atoms with Crippen LogP contribution in [-0.2, 0) is 67.4 Å². The number of hydrogen-bond donors (Lipinski definition) is 7. The number of anilines is 1. The number of carbonyl (C=O) groups excluding carboxylic acids is 10. The van der Waals surface area contributed by atoms with Crippen LogP contribution in [0.3, 0.4) is 0 Å². The molecule has 3 rings (SSSR count). The molecule has 1 aromatic carbocycles. The van der Waals surface area contributed by atoms with Crippen LogP contribution < -0.4 is 37.0 Å². The van der Waals surface area contributed by atoms with Crippen molar-refractivity contribution in [2.24, 2.45) is 46.2 Å². The number of methoxy groups -OCH3 is 2. The average molecular weight is 1290 g/mol. The second-order valence-electron chi connectivity index (χ2n) is 26.8. The lowest BCUT2D eigenvalue weighted by Crippen LogP contribution is -2.59. The van der Waals surface area contributed by atoms with Crippen LogP contribution in [0.25, 0.3) is 0 Å². The Labute approximate surface area is 533 Å². The zero-order valence-corrected chi connectivity index (χ0v) is 57.2. The standard InChI is InChI=1S/C63H105N11O15S/c1-19-40(8)54(72(16)60(83)52(38(4)5)69-59(82)53(39(6)7)71(14)15)46(87-17)32-50(78)73-31-21-23-45(73)55(88-18)41(9)56(79)70-90(85,86)43-26-24-42(25-27-43)66-57(80)44(22-20-30-65-61(64)84)67-58(81)51(37(2)3)68-47(75)33-62(10,11)35-89-36-63(12,13)34-74-48(76)28-29-49(74)77/h24-29,37-41,44-46,51-55H,19-23,30-36H2,1-18H3,(H,66,80)(H,67,81)(H,68,75)(H,69,82)(H,70,79)(H3,64,65,84)/t40-,41+,44-,45-,46+,51?,52-,53?,54-,55+/m0/s1. The zero-order chi connectivity index (χ0) is 68.3. The minimum atomic E-state index is -4.53. The molecule has 0 spiro atoms. The third-order valence-electron chi connectivity index (χ3n) is 16.6. The maximum absolute atomic E-state index is 14.5. The summed E-state index contributed by atoms with van der Waals surface area (Å²) in [5.74, 6) is -6.40. The summed E-state index contributed by atoms with van der Waals surface area (Å²) in [6, 6.07) is -0.703. The largest absolute Gasteiger partial charge is 0.380 e. The molecular weight excluding hydrogens is 1180 g/mol. The molecule has 0 bridgehead atoms. The minimum Gasteiger partial charge on any atom is -0.380 e. The summed E-state index contributed by atoms with van der Waals surface area (Å²) in [5, 5.41) is 13.6. The molecule has 11 amide bonds. The Balaban J connectivity index is 1.72. The van der Waals surface area contributed by atoms with Crippen molar-refractivity contribution in [1.29, 1.82) is 0 Å². The van der Waals surface area contributed by atoms with Gasteiger partial charge >= 0.3 is 6.03 Å². The highest BCUT2D eigenvalue weighted by Gasteiger charge is 2.44. The van der Waals surface area contributed by atoms with E-state index in [-0.39, 0.29) is 98.0 Å². The third-order valence-corrected chi connectivity index (χ3v) is 18.0. The first-order valence-electron chi connectivity index (χ1n) is 31.1. The monoisotopic (exact) mass is 1290 g/mol. The molecule has 2 aliphatic rings. The van der Waals surface area contributed by atoms with Crippen molar-refractivity contribution >= 4 is 74.9 Å². The number of amides is 11. The number of nitrogens with two attached hydrogens (primary N) is 1. The zero-order valence-electron chi connectivity index (χ0n) is 56.4. The van der Waals surface area contributed by atoms with E-state index in [0.717, 1.165) is 4.90 Å². The molecule has 1 saturated heterocycles. The summed E-state index contributed by atoms with van der Waals surface area (Å²) in [6.07, 6.45) is 2.38. The van der Waals surface area contributed by atoms with Gasteiger partial charge in [0.1, 0.15) is 18.1 Å². The van der Waals surface area contributed by atoms with Gasteiger partial charge in [-0.05, 0) is 93.1 Å². The second kappa shape index (κ2) is 34.8. The lowest BCUT2D eigenvalue weighted by molar-refractivity contribution is -0.148. The van der Waals surface area contributed by atoms with E-state index in [9.17, 15) is 56.4 Å². The Morgan fingerprint density at radius 2 is 1.34 bits per heavy atom. The highest BCUT2D eigenvalue weighted by atomic mass is 32.2. The number of nitrogens with zero attached hydrogens (tertiary/aromatic N) is 4. The van der Waals surface area contributed by atoms with Crippen LogP contribution in [0.4, 0.5) is 10.5 Å². The molecule has 0 aliphatic carbocycles. The molecule has 1 fully saturated rings. The van der Waals surface area contributed by atoms with Crippen LogP contribution in [0, 0.1) is 40.4 Å². The molecule has 508 valence electrons. The molecule has 90 heavy (non-hydrogen) atoms. The van der Waals surface area contributed by atoms with Gasteiger partial charge in [0.2, 0.25) is 41.4 Å². The Hall–Kier alpha value is -6.55. The van der Waals surface area contributed by atoms with Crippen LogP contribution >= 0.6 is 0 Å². The van der Waals surface area contributed by atoms with E-state index in [2.05, 4.69) is 31.3 Å². The lowest BCUT2D eigenvalue weighted by atomic mass is 9.89. The molecule has 0 radical (unpaired) electrons. The van der Waals surface area contributed by atoms with Crippen molar-refractivity contribution < 1.29 is 70.6 Å². The van der Waals surface area contributed by atoms with Crippen molar-refractivity contribution in [3.8, 4) is 0 Å². The van der Waals surface area contributed by atoms with E-state index in [0.29, 0.717) is 25.8 Å². The summed E-state index contributed by atoms with van der Waals surface area (Å²) in [6.45, 7) is 24.7. The summed E-state index contributed by atoms with van der Waals surface area (Å²) < 4.78 is 47.7. The maximum atomic E-state index is 14.5. The first-order valence-corrected chi connectivity index (χ1v) is 32.6. The topological polar surface area (TPSA) is 344 Å². The lowest BCUT2D eigenvalue weighted by Gasteiger charge is -2.41. The van der Waals surface area contributed by atoms with Gasteiger partial charge in [0.25, 0.3) is 21.8 Å². The normalized spacial score (nSPS) is 17.7. The second-order valence-corrected chi connectivity index (χ2v) is 28.5. The number of nitrogens with one attached hydrogen (secondary N) is 6. The summed E-state index contributed by atoms with van der Waals surface area (Å²) >= 11 is 0. The molecule has 8 N–H and O–H groups in total. The fourth-order valence-corrected chi connectivity index (χ4v) is 12.7. The van der Waals surface area contributed by atoms with Crippen LogP contribution in [0.15, 0.2) is 41.3 Å². The fourth-order valence-electron chi connectivity index (χ4n) is 11.6. The summed E-state index contributed by atoms with van der Waals surface area (Å²) in [7, 11) is 3.63. The quantitative estimate of drug-likeness (QED) is 0.0370. The Morgan fingerprint density at radius 1 is 0.756 bits per heavy atom. The first-order chi connectivity index (χ1) is 41.8. The van der Waals surface area contributed by atoms with Crippen LogP contribution in [0.5, 0.6) is 0 Å². The Kier molecular flexibility index (Phi) is 30.0. The van der Waals surface area contributed by atoms with Gasteiger partial charge in [-0.3, -0.25) is 53.0 Å². The van der Waals surface area contributed by atoms with E-state index < -0.39 is 123 Å². The summed E-state index contributed by atoms with van der Waals surface area (Å²) in [5.41, 5.74) is 4.07. The number of ether oxygens (including phenoxy) is 3. The molecule has 10 atom stereocenters. The smallest absolute Gasteiger partial charge is 0.312 e. The van der Waals surface area contributed by atoms with E-state index in [4.69, 9.17) is 19.9 Å². The molecule has 2 aliphatic heterocycles. The molecule has 27 heteroatoms. The fraction of sp³-hybridized carbons (Fsp3) is 0.714. The number of hydrogen-bond acceptors (Lipinski definition) is 16. The van der Waals surface area contributed by atoms with Crippen LogP contribution in [-0.4, -0.2) is 204 Å². The van der Waals surface area contributed by atoms with Crippen molar-refractivity contribution in [1.82, 2.24) is 45.6 Å². The SMILES string of the molecule is CC[C@H](C)[C@@H]([C@@H](CC(=O)N1CCC[C@H]1[C@H](OC)[C@@H](C)C(=O)NS(=O)(=O)c1ccc(NC(=O)[C@H](CCCNC(N)=O)NC(=O)C(NC(=O)CC(C)(C)COCC(C)(C)CN2C(=O)C=CC2=O)C(C)C)cc1)OC)N(C)C(=O)[C@@H](NC(=O)C(C(C)C)N(C)C)C(C)C. The molecule has 0 saturated carbocycles. The molecule has 2 heterocycles. The van der Waals surface area contributed by atoms with Crippen LogP contribution in [0.1, 0.15) is 135 Å². The van der Waals surface area contributed by atoms with E-state index in [1.807, 2.05) is 88.2 Å². The van der Waals surface area contributed by atoms with Gasteiger partial charge in [-0.2, -0.15) is 0 Å². The number of rotatable bonds is 37. The van der Waals surface area contributed by atoms with Gasteiger partial charge in [0.05, 0.1) is 60.8 Å². The van der Waals surface area contributed by atoms with Gasteiger partial charge < -0.3 is 56.3 Å². The van der Waals surface area contributed by atoms with Crippen molar-refractivity contribution in [3.05, 3.63) is 36.4 Å². The average Bonchev–Trinajstić information content (AvgIpc) is 1.36. The minimum absolute atomic E-state index is 0.00480. The maximum Gasteiger partial charge on any atom is 0.312 e. The van der Waals surface area contributed by atoms with E-state index in [1.165, 1.54) is 57.6 Å². The van der Waals surface area contributed by atoms with Crippen molar-refractivity contribution in [2.75, 3.05) is 73.5 Å². The van der Waals surface area contributed by atoms with Crippen LogP contribution in [0.2, 0.25) is 0 Å². The predicted octanol–water partition coefficient (Wildman–Crippen LogP) is 3.54. The van der Waals surface area contributed by atoms with Gasteiger partial charge in [-0.25, -0.2) is 17.9 Å². The number of benzene rings is 1. The Morgan fingerprint density at radius 3 is 1.87 bits per heavy atom. The van der Waals surface area contributed by atoms with Gasteiger partial charge in [-0.15, -0.1) is 0 Å². The Bertz CT molecular complexity index is 2770. The number of sulfonamides is 1. The molecule has 0 aromatic heterocycles. The predicted molar refractivity (Wildman–Crippen MR) is 340 cm³/mol. The number of carbonyl (C=O) groups is 10. The number of likely N-dealkylation sites (tertiary alicyclic amines) is 1. The van der Waals surface area contributed by atoms with E-state index >= 15 is 0 Å². The van der Waals surface area contributed by atoms with Crippen molar-refractivity contribution in [3.63, 3.8) is 0 Å². The first kappa shape index (κ1) is 77.7. The highest BCUT2D eigenvalue weighted by molar-refractivity contribution is 7.90.